The highest BCUT2D eigenvalue weighted by Crippen LogP contribution is 2.47. The molecular formula is C10H17N3O. The summed E-state index contributed by atoms with van der Waals surface area (Å²) in [5, 5.41) is 3.56. The molecule has 0 radical (unpaired) electrons. The van der Waals surface area contributed by atoms with Gasteiger partial charge in [-0.1, -0.05) is 18.0 Å². The van der Waals surface area contributed by atoms with Gasteiger partial charge >= 0.3 is 0 Å². The van der Waals surface area contributed by atoms with Crippen molar-refractivity contribution in [2.75, 3.05) is 13.2 Å². The SMILES string of the molecule is [N-]=[N+]=NCCC[C@H]1CCCC[C@@]12CO2. The van der Waals surface area contributed by atoms with Gasteiger partial charge in [0.05, 0.1) is 12.2 Å². The van der Waals surface area contributed by atoms with E-state index in [0.717, 1.165) is 18.9 Å². The highest BCUT2D eigenvalue weighted by molar-refractivity contribution is 5.00. The summed E-state index contributed by atoms with van der Waals surface area (Å²) < 4.78 is 5.60. The Morgan fingerprint density at radius 2 is 2.36 bits per heavy atom. The van der Waals surface area contributed by atoms with E-state index < -0.39 is 0 Å². The van der Waals surface area contributed by atoms with Crippen molar-refractivity contribution in [2.45, 2.75) is 44.1 Å². The quantitative estimate of drug-likeness (QED) is 0.223. The Balaban J connectivity index is 1.75. The second-order valence-electron chi connectivity index (χ2n) is 4.39. The van der Waals surface area contributed by atoms with E-state index in [1.165, 1.54) is 32.1 Å². The number of hydrogen-bond acceptors (Lipinski definition) is 2. The maximum absolute atomic E-state index is 8.15. The van der Waals surface area contributed by atoms with E-state index in [4.69, 9.17) is 10.3 Å². The fourth-order valence-corrected chi connectivity index (χ4v) is 2.62. The third-order valence-electron chi connectivity index (χ3n) is 3.54. The minimum Gasteiger partial charge on any atom is -0.369 e. The van der Waals surface area contributed by atoms with Crippen molar-refractivity contribution in [3.8, 4) is 0 Å². The smallest absolute Gasteiger partial charge is 0.0944 e. The number of rotatable bonds is 4. The molecule has 0 aromatic rings. The molecule has 1 saturated carbocycles. The van der Waals surface area contributed by atoms with E-state index in [2.05, 4.69) is 10.0 Å². The highest BCUT2D eigenvalue weighted by atomic mass is 16.6. The van der Waals surface area contributed by atoms with Crippen LogP contribution in [0, 0.1) is 5.92 Å². The molecule has 0 aromatic carbocycles. The van der Waals surface area contributed by atoms with Crippen LogP contribution in [-0.4, -0.2) is 18.8 Å². The maximum atomic E-state index is 8.15. The van der Waals surface area contributed by atoms with Gasteiger partial charge < -0.3 is 4.74 Å². The van der Waals surface area contributed by atoms with Gasteiger partial charge in [-0.3, -0.25) is 0 Å². The molecular weight excluding hydrogens is 178 g/mol. The van der Waals surface area contributed by atoms with Crippen LogP contribution in [0.15, 0.2) is 5.11 Å². The summed E-state index contributed by atoms with van der Waals surface area (Å²) in [4.78, 5) is 2.76. The first-order chi connectivity index (χ1) is 6.87. The van der Waals surface area contributed by atoms with Crippen molar-refractivity contribution in [1.29, 1.82) is 0 Å². The number of nitrogens with zero attached hydrogens (tertiary/aromatic N) is 3. The highest BCUT2D eigenvalue weighted by Gasteiger charge is 2.51. The molecule has 78 valence electrons. The summed E-state index contributed by atoms with van der Waals surface area (Å²) in [7, 11) is 0. The van der Waals surface area contributed by atoms with E-state index in [1.54, 1.807) is 0 Å². The monoisotopic (exact) mass is 195 g/mol. The van der Waals surface area contributed by atoms with E-state index in [9.17, 15) is 0 Å². The molecule has 0 amide bonds. The van der Waals surface area contributed by atoms with E-state index in [1.807, 2.05) is 0 Å². The predicted octanol–water partition coefficient (Wildman–Crippen LogP) is 3.04. The Morgan fingerprint density at radius 3 is 3.07 bits per heavy atom. The molecule has 1 aliphatic heterocycles. The van der Waals surface area contributed by atoms with Crippen LogP contribution in [0.2, 0.25) is 0 Å². The number of epoxide rings is 1. The van der Waals surface area contributed by atoms with Gasteiger partial charge in [0.15, 0.2) is 0 Å². The zero-order chi connectivity index (χ0) is 9.86. The summed E-state index contributed by atoms with van der Waals surface area (Å²) in [6.07, 6.45) is 7.40. The van der Waals surface area contributed by atoms with Crippen LogP contribution < -0.4 is 0 Å². The minimum absolute atomic E-state index is 0.259. The van der Waals surface area contributed by atoms with Crippen LogP contribution in [0.25, 0.3) is 10.4 Å². The van der Waals surface area contributed by atoms with Gasteiger partial charge in [-0.05, 0) is 37.1 Å². The Bertz CT molecular complexity index is 244. The lowest BCUT2D eigenvalue weighted by atomic mass is 9.77. The van der Waals surface area contributed by atoms with Crippen LogP contribution in [0.5, 0.6) is 0 Å². The second-order valence-corrected chi connectivity index (χ2v) is 4.39. The van der Waals surface area contributed by atoms with Crippen molar-refractivity contribution < 1.29 is 4.74 Å². The van der Waals surface area contributed by atoms with Gasteiger partial charge in [0, 0.05) is 11.5 Å². The molecule has 4 nitrogen and oxygen atoms in total. The molecule has 1 spiro atoms. The van der Waals surface area contributed by atoms with Gasteiger partial charge in [-0.2, -0.15) is 0 Å². The zero-order valence-corrected chi connectivity index (χ0v) is 8.48. The van der Waals surface area contributed by atoms with E-state index in [0.29, 0.717) is 6.54 Å². The third-order valence-corrected chi connectivity index (χ3v) is 3.54. The summed E-state index contributed by atoms with van der Waals surface area (Å²) in [6.45, 7) is 1.61. The molecule has 1 heterocycles. The first-order valence-corrected chi connectivity index (χ1v) is 5.52. The first kappa shape index (κ1) is 9.81. The molecule has 2 aliphatic rings. The lowest BCUT2D eigenvalue weighted by Gasteiger charge is -2.28. The van der Waals surface area contributed by atoms with Crippen LogP contribution in [0.1, 0.15) is 38.5 Å². The van der Waals surface area contributed by atoms with Crippen LogP contribution in [-0.2, 0) is 4.74 Å². The van der Waals surface area contributed by atoms with Crippen LogP contribution in [0.4, 0.5) is 0 Å². The standard InChI is InChI=1S/C10H17N3O/c11-13-12-7-3-5-9-4-1-2-6-10(9)8-14-10/h9H,1-8H2/t9-,10-/m1/s1. The Kier molecular flexibility index (Phi) is 2.94. The third kappa shape index (κ3) is 2.02. The number of hydrogen-bond donors (Lipinski definition) is 0. The summed E-state index contributed by atoms with van der Waals surface area (Å²) in [6, 6.07) is 0. The van der Waals surface area contributed by atoms with Crippen molar-refractivity contribution >= 4 is 0 Å². The molecule has 0 bridgehead atoms. The van der Waals surface area contributed by atoms with Gasteiger partial charge in [-0.15, -0.1) is 0 Å². The average molecular weight is 195 g/mol. The molecule has 0 unspecified atom stereocenters. The zero-order valence-electron chi connectivity index (χ0n) is 8.48. The fraction of sp³-hybridized carbons (Fsp3) is 1.00. The summed E-state index contributed by atoms with van der Waals surface area (Å²) in [5.74, 6) is 0.727. The fourth-order valence-electron chi connectivity index (χ4n) is 2.62. The van der Waals surface area contributed by atoms with Crippen molar-refractivity contribution in [3.63, 3.8) is 0 Å². The van der Waals surface area contributed by atoms with Crippen LogP contribution in [0.3, 0.4) is 0 Å². The lowest BCUT2D eigenvalue weighted by molar-refractivity contribution is 0.149. The molecule has 2 fully saturated rings. The second kappa shape index (κ2) is 4.20. The number of azide groups is 1. The van der Waals surface area contributed by atoms with Gasteiger partial charge in [0.1, 0.15) is 0 Å². The van der Waals surface area contributed by atoms with Gasteiger partial charge in [0.25, 0.3) is 0 Å². The predicted molar refractivity (Wildman–Crippen MR) is 53.9 cm³/mol. The largest absolute Gasteiger partial charge is 0.369 e. The average Bonchev–Trinajstić information content (AvgIpc) is 2.96. The summed E-state index contributed by atoms with van der Waals surface area (Å²) in [5.41, 5.74) is 8.41. The van der Waals surface area contributed by atoms with Gasteiger partial charge in [-0.25, -0.2) is 0 Å². The first-order valence-electron chi connectivity index (χ1n) is 5.52. The Hall–Kier alpha value is -0.730. The molecule has 0 N–H and O–H groups in total. The van der Waals surface area contributed by atoms with Gasteiger partial charge in [0.2, 0.25) is 0 Å². The van der Waals surface area contributed by atoms with Crippen molar-refractivity contribution in [2.24, 2.45) is 11.0 Å². The lowest BCUT2D eigenvalue weighted by Crippen LogP contribution is -2.28. The Morgan fingerprint density at radius 1 is 1.50 bits per heavy atom. The molecule has 1 saturated heterocycles. The van der Waals surface area contributed by atoms with E-state index >= 15 is 0 Å². The molecule has 0 aromatic heterocycles. The maximum Gasteiger partial charge on any atom is 0.0944 e. The van der Waals surface area contributed by atoms with Crippen molar-refractivity contribution in [3.05, 3.63) is 10.4 Å². The van der Waals surface area contributed by atoms with Crippen molar-refractivity contribution in [1.82, 2.24) is 0 Å². The van der Waals surface area contributed by atoms with Crippen LogP contribution >= 0.6 is 0 Å². The molecule has 2 rings (SSSR count). The Labute approximate surface area is 84.3 Å². The molecule has 2 atom stereocenters. The minimum atomic E-state index is 0.259. The summed E-state index contributed by atoms with van der Waals surface area (Å²) >= 11 is 0. The number of ether oxygens (including phenoxy) is 1. The normalized spacial score (nSPS) is 35.3. The molecule has 14 heavy (non-hydrogen) atoms. The topological polar surface area (TPSA) is 61.3 Å². The molecule has 4 heteroatoms. The van der Waals surface area contributed by atoms with E-state index in [-0.39, 0.29) is 5.60 Å². The molecule has 1 aliphatic carbocycles.